The van der Waals surface area contributed by atoms with E-state index in [4.69, 9.17) is 14.2 Å². The van der Waals surface area contributed by atoms with E-state index < -0.39 is 0 Å². The highest BCUT2D eigenvalue weighted by molar-refractivity contribution is 5.44. The van der Waals surface area contributed by atoms with Crippen LogP contribution in [0.3, 0.4) is 0 Å². The Morgan fingerprint density at radius 3 is 2.74 bits per heavy atom. The fourth-order valence-electron chi connectivity index (χ4n) is 2.07. The average Bonchev–Trinajstić information content (AvgIpc) is 2.39. The SMILES string of the molecule is COc1cc(C2CNCCO2)c(F)cc1OC(C)C. The van der Waals surface area contributed by atoms with Crippen LogP contribution in [0.25, 0.3) is 0 Å². The molecule has 4 nitrogen and oxygen atoms in total. The predicted molar refractivity (Wildman–Crippen MR) is 70.3 cm³/mol. The summed E-state index contributed by atoms with van der Waals surface area (Å²) in [5.41, 5.74) is 0.500. The third kappa shape index (κ3) is 3.36. The van der Waals surface area contributed by atoms with Gasteiger partial charge in [0.15, 0.2) is 11.5 Å². The zero-order valence-corrected chi connectivity index (χ0v) is 11.5. The molecule has 1 saturated heterocycles. The molecule has 1 unspecified atom stereocenters. The van der Waals surface area contributed by atoms with Gasteiger partial charge in [0.2, 0.25) is 0 Å². The lowest BCUT2D eigenvalue weighted by Crippen LogP contribution is -2.33. The van der Waals surface area contributed by atoms with E-state index in [9.17, 15) is 4.39 Å². The molecule has 106 valence electrons. The highest BCUT2D eigenvalue weighted by Gasteiger charge is 2.22. The Balaban J connectivity index is 2.29. The van der Waals surface area contributed by atoms with Gasteiger partial charge in [-0.05, 0) is 19.9 Å². The highest BCUT2D eigenvalue weighted by atomic mass is 19.1. The standard InChI is InChI=1S/C14H20FNO3/c1-9(2)19-13-7-11(15)10(6-12(13)17-3)14-8-16-4-5-18-14/h6-7,9,14,16H,4-5,8H2,1-3H3. The first-order valence-electron chi connectivity index (χ1n) is 6.48. The Bertz CT molecular complexity index is 431. The summed E-state index contributed by atoms with van der Waals surface area (Å²) >= 11 is 0. The quantitative estimate of drug-likeness (QED) is 0.910. The van der Waals surface area contributed by atoms with Crippen LogP contribution in [0.15, 0.2) is 12.1 Å². The van der Waals surface area contributed by atoms with Crippen LogP contribution in [0.2, 0.25) is 0 Å². The molecule has 1 N–H and O–H groups in total. The van der Waals surface area contributed by atoms with Crippen LogP contribution >= 0.6 is 0 Å². The van der Waals surface area contributed by atoms with Gasteiger partial charge in [-0.1, -0.05) is 0 Å². The molecule has 0 aliphatic carbocycles. The summed E-state index contributed by atoms with van der Waals surface area (Å²) in [6.07, 6.45) is -0.317. The number of morpholine rings is 1. The third-order valence-electron chi connectivity index (χ3n) is 2.92. The van der Waals surface area contributed by atoms with Crippen LogP contribution in [-0.4, -0.2) is 32.9 Å². The Hall–Kier alpha value is -1.33. The number of benzene rings is 1. The van der Waals surface area contributed by atoms with Gasteiger partial charge in [0.05, 0.1) is 25.9 Å². The molecule has 0 spiro atoms. The number of halogens is 1. The minimum atomic E-state index is -0.329. The number of nitrogens with one attached hydrogen (secondary N) is 1. The van der Waals surface area contributed by atoms with Crippen LogP contribution < -0.4 is 14.8 Å². The molecule has 19 heavy (non-hydrogen) atoms. The second kappa shape index (κ2) is 6.21. The van der Waals surface area contributed by atoms with E-state index in [1.54, 1.807) is 13.2 Å². The maximum absolute atomic E-state index is 14.2. The number of methoxy groups -OCH3 is 1. The van der Waals surface area contributed by atoms with Gasteiger partial charge in [-0.2, -0.15) is 0 Å². The molecule has 1 aromatic rings. The average molecular weight is 269 g/mol. The molecule has 0 bridgehead atoms. The van der Waals surface area contributed by atoms with Crippen molar-refractivity contribution in [3.63, 3.8) is 0 Å². The number of hydrogen-bond acceptors (Lipinski definition) is 4. The topological polar surface area (TPSA) is 39.7 Å². The Kier molecular flexibility index (Phi) is 4.61. The normalized spacial score (nSPS) is 19.5. The predicted octanol–water partition coefficient (Wildman–Crippen LogP) is 2.28. The minimum Gasteiger partial charge on any atom is -0.493 e. The molecule has 1 aliphatic heterocycles. The number of ether oxygens (including phenoxy) is 3. The lowest BCUT2D eigenvalue weighted by Gasteiger charge is -2.25. The lowest BCUT2D eigenvalue weighted by molar-refractivity contribution is 0.0253. The van der Waals surface area contributed by atoms with E-state index in [2.05, 4.69) is 5.32 Å². The van der Waals surface area contributed by atoms with E-state index in [1.807, 2.05) is 13.8 Å². The first-order chi connectivity index (χ1) is 9.11. The first-order valence-corrected chi connectivity index (χ1v) is 6.48. The summed E-state index contributed by atoms with van der Waals surface area (Å²) in [6.45, 7) is 5.75. The monoisotopic (exact) mass is 269 g/mol. The summed E-state index contributed by atoms with van der Waals surface area (Å²) in [6, 6.07) is 3.02. The van der Waals surface area contributed by atoms with Gasteiger partial charge in [-0.25, -0.2) is 4.39 Å². The van der Waals surface area contributed by atoms with Crippen molar-refractivity contribution >= 4 is 0 Å². The van der Waals surface area contributed by atoms with Crippen molar-refractivity contribution in [2.75, 3.05) is 26.8 Å². The van der Waals surface area contributed by atoms with Gasteiger partial charge in [0.25, 0.3) is 0 Å². The summed E-state index contributed by atoms with van der Waals surface area (Å²) in [5.74, 6) is 0.618. The van der Waals surface area contributed by atoms with Crippen LogP contribution in [-0.2, 0) is 4.74 Å². The lowest BCUT2D eigenvalue weighted by atomic mass is 10.1. The molecule has 0 radical (unpaired) electrons. The highest BCUT2D eigenvalue weighted by Crippen LogP contribution is 2.34. The van der Waals surface area contributed by atoms with E-state index in [1.165, 1.54) is 6.07 Å². The van der Waals surface area contributed by atoms with Crippen molar-refractivity contribution in [3.8, 4) is 11.5 Å². The molecule has 1 atom stereocenters. The van der Waals surface area contributed by atoms with Crippen molar-refractivity contribution < 1.29 is 18.6 Å². The van der Waals surface area contributed by atoms with Crippen molar-refractivity contribution in [2.45, 2.75) is 26.1 Å². The van der Waals surface area contributed by atoms with Gasteiger partial charge < -0.3 is 19.5 Å². The van der Waals surface area contributed by atoms with Crippen LogP contribution in [0, 0.1) is 5.82 Å². The minimum absolute atomic E-state index is 0.0354. The van der Waals surface area contributed by atoms with E-state index >= 15 is 0 Å². The molecule has 0 aromatic heterocycles. The molecule has 1 fully saturated rings. The fourth-order valence-corrected chi connectivity index (χ4v) is 2.07. The molecule has 0 amide bonds. The van der Waals surface area contributed by atoms with Crippen LogP contribution in [0.5, 0.6) is 11.5 Å². The molecular weight excluding hydrogens is 249 g/mol. The second-order valence-electron chi connectivity index (χ2n) is 4.75. The molecular formula is C14H20FNO3. The van der Waals surface area contributed by atoms with Crippen molar-refractivity contribution in [1.29, 1.82) is 0 Å². The molecule has 0 saturated carbocycles. The number of rotatable bonds is 4. The molecule has 1 aromatic carbocycles. The van der Waals surface area contributed by atoms with Gasteiger partial charge in [-0.15, -0.1) is 0 Å². The summed E-state index contributed by atoms with van der Waals surface area (Å²) in [5, 5.41) is 3.18. The van der Waals surface area contributed by atoms with Gasteiger partial charge in [0, 0.05) is 24.7 Å². The Labute approximate surface area is 112 Å². The van der Waals surface area contributed by atoms with Gasteiger partial charge in [0.1, 0.15) is 5.82 Å². The largest absolute Gasteiger partial charge is 0.493 e. The van der Waals surface area contributed by atoms with Crippen LogP contribution in [0.4, 0.5) is 4.39 Å². The summed E-state index contributed by atoms with van der Waals surface area (Å²) < 4.78 is 30.5. The molecule has 2 rings (SSSR count). The van der Waals surface area contributed by atoms with E-state index in [0.717, 1.165) is 6.54 Å². The van der Waals surface area contributed by atoms with Gasteiger partial charge in [-0.3, -0.25) is 0 Å². The number of hydrogen-bond donors (Lipinski definition) is 1. The molecule has 5 heteroatoms. The smallest absolute Gasteiger partial charge is 0.164 e. The fraction of sp³-hybridized carbons (Fsp3) is 0.571. The Morgan fingerprint density at radius 2 is 2.16 bits per heavy atom. The maximum Gasteiger partial charge on any atom is 0.164 e. The zero-order valence-electron chi connectivity index (χ0n) is 11.5. The molecule has 1 heterocycles. The summed E-state index contributed by atoms with van der Waals surface area (Å²) in [7, 11) is 1.55. The van der Waals surface area contributed by atoms with Crippen molar-refractivity contribution in [1.82, 2.24) is 5.32 Å². The van der Waals surface area contributed by atoms with Gasteiger partial charge >= 0.3 is 0 Å². The third-order valence-corrected chi connectivity index (χ3v) is 2.92. The van der Waals surface area contributed by atoms with Crippen molar-refractivity contribution in [3.05, 3.63) is 23.5 Å². The summed E-state index contributed by atoms with van der Waals surface area (Å²) in [4.78, 5) is 0. The Morgan fingerprint density at radius 1 is 1.37 bits per heavy atom. The van der Waals surface area contributed by atoms with E-state index in [-0.39, 0.29) is 18.0 Å². The second-order valence-corrected chi connectivity index (χ2v) is 4.75. The van der Waals surface area contributed by atoms with Crippen LogP contribution in [0.1, 0.15) is 25.5 Å². The zero-order chi connectivity index (χ0) is 13.8. The molecule has 1 aliphatic rings. The maximum atomic E-state index is 14.2. The van der Waals surface area contributed by atoms with Crippen molar-refractivity contribution in [2.24, 2.45) is 0 Å². The first kappa shape index (κ1) is 14.1. The van der Waals surface area contributed by atoms with E-state index in [0.29, 0.717) is 30.2 Å².